The van der Waals surface area contributed by atoms with Crippen molar-refractivity contribution < 1.29 is 13.2 Å². The predicted molar refractivity (Wildman–Crippen MR) is 75.9 cm³/mol. The number of aromatic nitrogens is 1. The van der Waals surface area contributed by atoms with E-state index in [1.165, 1.54) is 23.5 Å². The van der Waals surface area contributed by atoms with Crippen LogP contribution in [0.3, 0.4) is 0 Å². The Morgan fingerprint density at radius 1 is 1.10 bits per heavy atom. The summed E-state index contributed by atoms with van der Waals surface area (Å²) in [6, 6.07) is 5.48. The van der Waals surface area contributed by atoms with Crippen molar-refractivity contribution in [1.82, 2.24) is 4.98 Å². The van der Waals surface area contributed by atoms with E-state index in [9.17, 15) is 13.2 Å². The van der Waals surface area contributed by atoms with Crippen molar-refractivity contribution in [3.63, 3.8) is 0 Å². The summed E-state index contributed by atoms with van der Waals surface area (Å²) in [6.45, 7) is 5.91. The Balaban J connectivity index is 2.38. The molecule has 2 nitrogen and oxygen atoms in total. The zero-order valence-corrected chi connectivity index (χ0v) is 12.2. The van der Waals surface area contributed by atoms with Gasteiger partial charge in [-0.05, 0) is 26.8 Å². The molecule has 6 heteroatoms. The molecule has 0 aliphatic rings. The first kappa shape index (κ1) is 14.8. The first-order valence-electron chi connectivity index (χ1n) is 6.07. The minimum atomic E-state index is -4.38. The molecule has 0 unspecified atom stereocenters. The van der Waals surface area contributed by atoms with Crippen molar-refractivity contribution in [2.75, 3.05) is 5.32 Å². The number of hydrogen-bond acceptors (Lipinski definition) is 3. The average molecular weight is 300 g/mol. The number of alkyl halides is 3. The van der Waals surface area contributed by atoms with Crippen LogP contribution in [-0.2, 0) is 6.18 Å². The van der Waals surface area contributed by atoms with Crippen LogP contribution in [0.4, 0.5) is 18.3 Å². The van der Waals surface area contributed by atoms with Crippen molar-refractivity contribution in [2.45, 2.75) is 32.5 Å². The molecule has 0 spiro atoms. The Labute approximate surface area is 119 Å². The van der Waals surface area contributed by atoms with E-state index >= 15 is 0 Å². The summed E-state index contributed by atoms with van der Waals surface area (Å²) in [4.78, 5) is 4.25. The highest BCUT2D eigenvalue weighted by molar-refractivity contribution is 7.14. The fourth-order valence-electron chi connectivity index (χ4n) is 1.73. The quantitative estimate of drug-likeness (QED) is 0.840. The molecule has 1 aromatic carbocycles. The third kappa shape index (κ3) is 3.50. The van der Waals surface area contributed by atoms with Gasteiger partial charge in [0.05, 0.1) is 11.3 Å². The maximum absolute atomic E-state index is 13.0. The van der Waals surface area contributed by atoms with Gasteiger partial charge in [0.25, 0.3) is 0 Å². The number of anilines is 1. The zero-order chi connectivity index (χ0) is 15.0. The molecule has 1 N–H and O–H groups in total. The van der Waals surface area contributed by atoms with Crippen molar-refractivity contribution in [3.05, 3.63) is 35.2 Å². The minimum absolute atomic E-state index is 0.109. The Morgan fingerprint density at radius 3 is 2.35 bits per heavy atom. The summed E-state index contributed by atoms with van der Waals surface area (Å²) in [6.07, 6.45) is -4.38. The zero-order valence-electron chi connectivity index (χ0n) is 11.4. The molecule has 2 aromatic rings. The second kappa shape index (κ2) is 5.09. The van der Waals surface area contributed by atoms with Crippen LogP contribution in [0.15, 0.2) is 29.6 Å². The summed E-state index contributed by atoms with van der Waals surface area (Å²) < 4.78 is 38.9. The number of benzene rings is 1. The topological polar surface area (TPSA) is 24.9 Å². The lowest BCUT2D eigenvalue weighted by atomic mass is 10.1. The Bertz CT molecular complexity index is 597. The highest BCUT2D eigenvalue weighted by Gasteiger charge is 2.33. The molecule has 1 heterocycles. The van der Waals surface area contributed by atoms with Gasteiger partial charge in [0.1, 0.15) is 0 Å². The summed E-state index contributed by atoms with van der Waals surface area (Å²) in [5, 5.41) is 5.41. The predicted octanol–water partition coefficient (Wildman–Crippen LogP) is 5.04. The normalized spacial score (nSPS) is 12.5. The van der Waals surface area contributed by atoms with Gasteiger partial charge in [-0.2, -0.15) is 13.2 Å². The van der Waals surface area contributed by atoms with Gasteiger partial charge in [-0.15, -0.1) is 11.3 Å². The molecule has 0 aliphatic heterocycles. The van der Waals surface area contributed by atoms with Gasteiger partial charge in [0.2, 0.25) is 0 Å². The molecule has 0 amide bonds. The van der Waals surface area contributed by atoms with Crippen LogP contribution in [-0.4, -0.2) is 10.5 Å². The van der Waals surface area contributed by atoms with Crippen LogP contribution in [0.1, 0.15) is 26.3 Å². The van der Waals surface area contributed by atoms with E-state index in [1.807, 2.05) is 20.8 Å². The monoisotopic (exact) mass is 300 g/mol. The molecular formula is C14H15F3N2S. The lowest BCUT2D eigenvalue weighted by molar-refractivity contribution is -0.137. The van der Waals surface area contributed by atoms with Crippen LogP contribution in [0.25, 0.3) is 11.3 Å². The van der Waals surface area contributed by atoms with E-state index in [1.54, 1.807) is 11.4 Å². The van der Waals surface area contributed by atoms with Gasteiger partial charge in [-0.25, -0.2) is 4.98 Å². The highest BCUT2D eigenvalue weighted by atomic mass is 32.1. The van der Waals surface area contributed by atoms with Gasteiger partial charge in [0, 0.05) is 16.5 Å². The van der Waals surface area contributed by atoms with Crippen molar-refractivity contribution in [2.24, 2.45) is 0 Å². The van der Waals surface area contributed by atoms with Crippen LogP contribution < -0.4 is 5.32 Å². The average Bonchev–Trinajstić information content (AvgIpc) is 2.74. The lowest BCUT2D eigenvalue weighted by Gasteiger charge is -2.19. The van der Waals surface area contributed by atoms with Crippen LogP contribution in [0.5, 0.6) is 0 Å². The molecule has 0 atom stereocenters. The number of rotatable bonds is 2. The van der Waals surface area contributed by atoms with Gasteiger partial charge in [0.15, 0.2) is 5.13 Å². The highest BCUT2D eigenvalue weighted by Crippen LogP contribution is 2.37. The standard InChI is InChI=1S/C14H15F3N2S/c1-13(2,3)19-12-18-11(8-20-12)9-6-4-5-7-10(9)14(15,16)17/h4-8H,1-3H3,(H,18,19). The molecule has 0 radical (unpaired) electrons. The maximum atomic E-state index is 13.0. The maximum Gasteiger partial charge on any atom is 0.417 e. The van der Waals surface area contributed by atoms with Gasteiger partial charge >= 0.3 is 6.18 Å². The summed E-state index contributed by atoms with van der Waals surface area (Å²) in [7, 11) is 0. The molecule has 0 saturated heterocycles. The number of nitrogens with one attached hydrogen (secondary N) is 1. The van der Waals surface area contributed by atoms with E-state index in [0.29, 0.717) is 10.8 Å². The molecule has 0 bridgehead atoms. The van der Waals surface area contributed by atoms with Gasteiger partial charge < -0.3 is 5.32 Å². The third-order valence-electron chi connectivity index (χ3n) is 2.49. The van der Waals surface area contributed by atoms with Crippen LogP contribution in [0.2, 0.25) is 0 Å². The van der Waals surface area contributed by atoms with Gasteiger partial charge in [-0.3, -0.25) is 0 Å². The first-order valence-corrected chi connectivity index (χ1v) is 6.95. The SMILES string of the molecule is CC(C)(C)Nc1nc(-c2ccccc2C(F)(F)F)cs1. The van der Waals surface area contributed by atoms with E-state index < -0.39 is 11.7 Å². The molecular weight excluding hydrogens is 285 g/mol. The summed E-state index contributed by atoms with van der Waals surface area (Å²) >= 11 is 1.30. The summed E-state index contributed by atoms with van der Waals surface area (Å²) in [5.41, 5.74) is -0.390. The van der Waals surface area contributed by atoms with Crippen LogP contribution >= 0.6 is 11.3 Å². The molecule has 1 aromatic heterocycles. The third-order valence-corrected chi connectivity index (χ3v) is 3.25. The summed E-state index contributed by atoms with van der Waals surface area (Å²) in [5.74, 6) is 0. The first-order chi connectivity index (χ1) is 9.17. The number of halogens is 3. The van der Waals surface area contributed by atoms with Crippen molar-refractivity contribution in [1.29, 1.82) is 0 Å². The van der Waals surface area contributed by atoms with Crippen LogP contribution in [0, 0.1) is 0 Å². The molecule has 2 rings (SSSR count). The molecule has 108 valence electrons. The molecule has 20 heavy (non-hydrogen) atoms. The van der Waals surface area contributed by atoms with E-state index in [2.05, 4.69) is 10.3 Å². The van der Waals surface area contributed by atoms with Gasteiger partial charge in [-0.1, -0.05) is 18.2 Å². The smallest absolute Gasteiger partial charge is 0.357 e. The van der Waals surface area contributed by atoms with Crippen molar-refractivity contribution >= 4 is 16.5 Å². The number of thiazole rings is 1. The van der Waals surface area contributed by atoms with Crippen molar-refractivity contribution in [3.8, 4) is 11.3 Å². The molecule has 0 saturated carbocycles. The fourth-order valence-corrected chi connectivity index (χ4v) is 2.65. The number of hydrogen-bond donors (Lipinski definition) is 1. The fraction of sp³-hybridized carbons (Fsp3) is 0.357. The second-order valence-corrected chi connectivity index (χ2v) is 6.31. The largest absolute Gasteiger partial charge is 0.417 e. The van der Waals surface area contributed by atoms with E-state index in [0.717, 1.165) is 6.07 Å². The minimum Gasteiger partial charge on any atom is -0.357 e. The molecule has 0 fully saturated rings. The second-order valence-electron chi connectivity index (χ2n) is 5.46. The van der Waals surface area contributed by atoms with E-state index in [-0.39, 0.29) is 11.1 Å². The number of nitrogens with zero attached hydrogens (tertiary/aromatic N) is 1. The van der Waals surface area contributed by atoms with E-state index in [4.69, 9.17) is 0 Å². The molecule has 0 aliphatic carbocycles. The Morgan fingerprint density at radius 2 is 1.75 bits per heavy atom. The lowest BCUT2D eigenvalue weighted by Crippen LogP contribution is -2.25. The Hall–Kier alpha value is -1.56. The Kier molecular flexibility index (Phi) is 3.77.